The molecular formula is C16H22N2O. The molecule has 0 saturated carbocycles. The molecule has 0 amide bonds. The van der Waals surface area contributed by atoms with Crippen LogP contribution in [0, 0.1) is 6.92 Å². The zero-order valence-electron chi connectivity index (χ0n) is 11.9. The standard InChI is InChI=1S/C16H22N2O/c1-4-17-10-14-9-15(19-12-14)11-18(3)16-8-6-5-7-13(16)2/h5-9,12,17H,4,10-11H2,1-3H3. The molecule has 0 bridgehead atoms. The summed E-state index contributed by atoms with van der Waals surface area (Å²) in [5.41, 5.74) is 3.73. The maximum absolute atomic E-state index is 5.61. The first-order chi connectivity index (χ1) is 9.20. The van der Waals surface area contributed by atoms with Crippen LogP contribution in [0.25, 0.3) is 0 Å². The molecule has 0 saturated heterocycles. The number of benzene rings is 1. The molecule has 3 nitrogen and oxygen atoms in total. The summed E-state index contributed by atoms with van der Waals surface area (Å²) in [7, 11) is 2.09. The molecule has 102 valence electrons. The van der Waals surface area contributed by atoms with Crippen LogP contribution in [0.15, 0.2) is 41.0 Å². The smallest absolute Gasteiger partial charge is 0.123 e. The summed E-state index contributed by atoms with van der Waals surface area (Å²) in [6.07, 6.45) is 1.84. The lowest BCUT2D eigenvalue weighted by Crippen LogP contribution is -2.17. The summed E-state index contributed by atoms with van der Waals surface area (Å²) in [5.74, 6) is 0.999. The quantitative estimate of drug-likeness (QED) is 0.861. The fourth-order valence-electron chi connectivity index (χ4n) is 2.18. The molecule has 0 aliphatic rings. The number of anilines is 1. The second-order valence-electron chi connectivity index (χ2n) is 4.84. The van der Waals surface area contributed by atoms with Crippen LogP contribution in [-0.2, 0) is 13.1 Å². The maximum atomic E-state index is 5.61. The van der Waals surface area contributed by atoms with Crippen LogP contribution in [0.5, 0.6) is 0 Å². The van der Waals surface area contributed by atoms with E-state index in [9.17, 15) is 0 Å². The molecule has 19 heavy (non-hydrogen) atoms. The Morgan fingerprint density at radius 1 is 1.26 bits per heavy atom. The minimum atomic E-state index is 0.789. The second kappa shape index (κ2) is 6.43. The molecule has 0 atom stereocenters. The summed E-state index contributed by atoms with van der Waals surface area (Å²) in [6, 6.07) is 10.5. The first kappa shape index (κ1) is 13.7. The van der Waals surface area contributed by atoms with E-state index in [4.69, 9.17) is 4.42 Å². The number of nitrogens with one attached hydrogen (secondary N) is 1. The lowest BCUT2D eigenvalue weighted by molar-refractivity contribution is 0.504. The van der Waals surface area contributed by atoms with E-state index < -0.39 is 0 Å². The van der Waals surface area contributed by atoms with Gasteiger partial charge < -0.3 is 14.6 Å². The van der Waals surface area contributed by atoms with Crippen molar-refractivity contribution in [2.45, 2.75) is 26.9 Å². The van der Waals surface area contributed by atoms with Crippen molar-refractivity contribution in [1.29, 1.82) is 0 Å². The summed E-state index contributed by atoms with van der Waals surface area (Å²) >= 11 is 0. The number of hydrogen-bond acceptors (Lipinski definition) is 3. The molecule has 3 heteroatoms. The van der Waals surface area contributed by atoms with Gasteiger partial charge in [0.05, 0.1) is 12.8 Å². The first-order valence-corrected chi connectivity index (χ1v) is 6.74. The van der Waals surface area contributed by atoms with Crippen LogP contribution >= 0.6 is 0 Å². The molecule has 0 fully saturated rings. The Morgan fingerprint density at radius 2 is 2.05 bits per heavy atom. The Hall–Kier alpha value is -1.74. The van der Waals surface area contributed by atoms with E-state index in [-0.39, 0.29) is 0 Å². The van der Waals surface area contributed by atoms with E-state index in [0.717, 1.165) is 25.4 Å². The highest BCUT2D eigenvalue weighted by atomic mass is 16.3. The number of hydrogen-bond donors (Lipinski definition) is 1. The second-order valence-corrected chi connectivity index (χ2v) is 4.84. The van der Waals surface area contributed by atoms with Crippen molar-refractivity contribution < 1.29 is 4.42 Å². The minimum Gasteiger partial charge on any atom is -0.467 e. The van der Waals surface area contributed by atoms with Crippen LogP contribution < -0.4 is 10.2 Å². The highest BCUT2D eigenvalue weighted by Crippen LogP contribution is 2.20. The van der Waals surface area contributed by atoms with Crippen molar-refractivity contribution in [3.63, 3.8) is 0 Å². The number of rotatable bonds is 6. The average Bonchev–Trinajstić information content (AvgIpc) is 2.84. The molecule has 0 aliphatic heterocycles. The molecular weight excluding hydrogens is 236 g/mol. The third-order valence-electron chi connectivity index (χ3n) is 3.21. The number of nitrogens with zero attached hydrogens (tertiary/aromatic N) is 1. The van der Waals surface area contributed by atoms with E-state index in [1.807, 2.05) is 6.26 Å². The van der Waals surface area contributed by atoms with E-state index in [1.165, 1.54) is 16.8 Å². The van der Waals surface area contributed by atoms with Crippen LogP contribution in [0.1, 0.15) is 23.8 Å². The fourth-order valence-corrected chi connectivity index (χ4v) is 2.18. The molecule has 1 aromatic carbocycles. The van der Waals surface area contributed by atoms with Gasteiger partial charge in [0.2, 0.25) is 0 Å². The maximum Gasteiger partial charge on any atom is 0.123 e. The molecule has 0 spiro atoms. The molecule has 2 aromatic rings. The Bertz CT molecular complexity index is 519. The largest absolute Gasteiger partial charge is 0.467 e. The minimum absolute atomic E-state index is 0.789. The van der Waals surface area contributed by atoms with Crippen molar-refractivity contribution >= 4 is 5.69 Å². The summed E-state index contributed by atoms with van der Waals surface area (Å²) in [6.45, 7) is 6.87. The van der Waals surface area contributed by atoms with Gasteiger partial charge in [0.1, 0.15) is 5.76 Å². The average molecular weight is 258 g/mol. The van der Waals surface area contributed by atoms with Gasteiger partial charge in [-0.05, 0) is 31.2 Å². The van der Waals surface area contributed by atoms with E-state index in [1.54, 1.807) is 0 Å². The summed E-state index contributed by atoms with van der Waals surface area (Å²) in [4.78, 5) is 2.21. The predicted molar refractivity (Wildman–Crippen MR) is 79.4 cm³/mol. The summed E-state index contributed by atoms with van der Waals surface area (Å²) < 4.78 is 5.61. The Labute approximate surface area is 115 Å². The SMILES string of the molecule is CCNCc1coc(CN(C)c2ccccc2C)c1. The molecule has 0 aliphatic carbocycles. The molecule has 1 heterocycles. The monoisotopic (exact) mass is 258 g/mol. The topological polar surface area (TPSA) is 28.4 Å². The lowest BCUT2D eigenvalue weighted by Gasteiger charge is -2.19. The molecule has 2 rings (SSSR count). The highest BCUT2D eigenvalue weighted by Gasteiger charge is 2.08. The zero-order chi connectivity index (χ0) is 13.7. The summed E-state index contributed by atoms with van der Waals surface area (Å²) in [5, 5.41) is 3.30. The zero-order valence-corrected chi connectivity index (χ0v) is 11.9. The predicted octanol–water partition coefficient (Wildman–Crippen LogP) is 3.33. The fraction of sp³-hybridized carbons (Fsp3) is 0.375. The number of furan rings is 1. The van der Waals surface area contributed by atoms with E-state index >= 15 is 0 Å². The number of aryl methyl sites for hydroxylation is 1. The van der Waals surface area contributed by atoms with Gasteiger partial charge in [-0.15, -0.1) is 0 Å². The van der Waals surface area contributed by atoms with Gasteiger partial charge in [-0.1, -0.05) is 25.1 Å². The van der Waals surface area contributed by atoms with Gasteiger partial charge >= 0.3 is 0 Å². The van der Waals surface area contributed by atoms with Crippen molar-refractivity contribution in [2.75, 3.05) is 18.5 Å². The first-order valence-electron chi connectivity index (χ1n) is 6.74. The van der Waals surface area contributed by atoms with Crippen molar-refractivity contribution in [3.05, 3.63) is 53.5 Å². The van der Waals surface area contributed by atoms with E-state index in [2.05, 4.69) is 61.4 Å². The molecule has 0 radical (unpaired) electrons. The Kier molecular flexibility index (Phi) is 4.63. The van der Waals surface area contributed by atoms with Gasteiger partial charge in [-0.3, -0.25) is 0 Å². The number of para-hydroxylation sites is 1. The van der Waals surface area contributed by atoms with Crippen molar-refractivity contribution in [3.8, 4) is 0 Å². The molecule has 1 aromatic heterocycles. The molecule has 1 N–H and O–H groups in total. The Morgan fingerprint density at radius 3 is 2.79 bits per heavy atom. The van der Waals surface area contributed by atoms with Gasteiger partial charge in [0.15, 0.2) is 0 Å². The third kappa shape index (κ3) is 3.61. The Balaban J connectivity index is 2.01. The van der Waals surface area contributed by atoms with Crippen LogP contribution in [0.2, 0.25) is 0 Å². The van der Waals surface area contributed by atoms with Gasteiger partial charge in [0.25, 0.3) is 0 Å². The van der Waals surface area contributed by atoms with Crippen LogP contribution in [0.4, 0.5) is 5.69 Å². The third-order valence-corrected chi connectivity index (χ3v) is 3.21. The van der Waals surface area contributed by atoms with Crippen molar-refractivity contribution in [1.82, 2.24) is 5.32 Å². The van der Waals surface area contributed by atoms with Gasteiger partial charge in [-0.25, -0.2) is 0 Å². The van der Waals surface area contributed by atoms with Crippen LogP contribution in [-0.4, -0.2) is 13.6 Å². The normalized spacial score (nSPS) is 10.7. The van der Waals surface area contributed by atoms with E-state index in [0.29, 0.717) is 0 Å². The van der Waals surface area contributed by atoms with Crippen LogP contribution in [0.3, 0.4) is 0 Å². The van der Waals surface area contributed by atoms with Gasteiger partial charge in [-0.2, -0.15) is 0 Å². The van der Waals surface area contributed by atoms with Crippen molar-refractivity contribution in [2.24, 2.45) is 0 Å². The molecule has 0 unspecified atom stereocenters. The highest BCUT2D eigenvalue weighted by molar-refractivity contribution is 5.52. The lowest BCUT2D eigenvalue weighted by atomic mass is 10.2. The van der Waals surface area contributed by atoms with Gasteiger partial charge in [0, 0.05) is 24.8 Å².